The normalized spacial score (nSPS) is 10.8. The Morgan fingerprint density at radius 1 is 1.20 bits per heavy atom. The molecule has 0 N–H and O–H groups in total. The summed E-state index contributed by atoms with van der Waals surface area (Å²) in [6.45, 7) is 1.83. The van der Waals surface area contributed by atoms with E-state index in [1.165, 1.54) is 29.5 Å². The highest BCUT2D eigenvalue weighted by Crippen LogP contribution is 2.22. The Labute approximate surface area is 118 Å². The fourth-order valence-electron chi connectivity index (χ4n) is 1.71. The second-order valence-corrected chi connectivity index (χ2v) is 4.37. The molecule has 2 heterocycles. The number of rotatable bonds is 2. The van der Waals surface area contributed by atoms with Gasteiger partial charge in [-0.1, -0.05) is 6.07 Å². The fraction of sp³-hybridized carbons (Fsp3) is 0.0833. The Hall–Kier alpha value is -2.41. The fourth-order valence-corrected chi connectivity index (χ4v) is 1.86. The molecule has 8 heteroatoms. The van der Waals surface area contributed by atoms with E-state index in [2.05, 4.69) is 25.0 Å². The zero-order valence-electron chi connectivity index (χ0n) is 10.3. The van der Waals surface area contributed by atoms with E-state index < -0.39 is 0 Å². The highest BCUT2D eigenvalue weighted by Gasteiger charge is 2.12. The summed E-state index contributed by atoms with van der Waals surface area (Å²) in [5, 5.41) is 3.93. The predicted molar refractivity (Wildman–Crippen MR) is 69.9 cm³/mol. The SMILES string of the molecule is Cc1ccc(F)cc1-c1nc(Cl)nc(-n2cncn2)n1. The molecule has 0 bridgehead atoms. The highest BCUT2D eigenvalue weighted by molar-refractivity contribution is 6.28. The molecule has 0 spiro atoms. The van der Waals surface area contributed by atoms with Gasteiger partial charge in [-0.3, -0.25) is 0 Å². The van der Waals surface area contributed by atoms with Gasteiger partial charge in [0.1, 0.15) is 18.5 Å². The summed E-state index contributed by atoms with van der Waals surface area (Å²) in [5.74, 6) is 0.137. The van der Waals surface area contributed by atoms with Gasteiger partial charge in [0.15, 0.2) is 5.82 Å². The molecular weight excluding hydrogens is 283 g/mol. The number of benzene rings is 1. The van der Waals surface area contributed by atoms with Crippen molar-refractivity contribution in [1.29, 1.82) is 0 Å². The molecule has 0 fully saturated rings. The van der Waals surface area contributed by atoms with Gasteiger partial charge in [-0.15, -0.1) is 0 Å². The average molecular weight is 291 g/mol. The molecule has 0 aliphatic rings. The summed E-state index contributed by atoms with van der Waals surface area (Å²) in [5.41, 5.74) is 1.38. The summed E-state index contributed by atoms with van der Waals surface area (Å²) in [6.07, 6.45) is 2.79. The van der Waals surface area contributed by atoms with E-state index >= 15 is 0 Å². The van der Waals surface area contributed by atoms with E-state index in [9.17, 15) is 4.39 Å². The van der Waals surface area contributed by atoms with Gasteiger partial charge in [0.05, 0.1) is 0 Å². The summed E-state index contributed by atoms with van der Waals surface area (Å²) < 4.78 is 14.7. The van der Waals surface area contributed by atoms with Crippen LogP contribution in [-0.2, 0) is 0 Å². The van der Waals surface area contributed by atoms with Crippen LogP contribution in [-0.4, -0.2) is 29.7 Å². The summed E-state index contributed by atoms with van der Waals surface area (Å²) in [7, 11) is 0. The maximum atomic E-state index is 13.4. The summed E-state index contributed by atoms with van der Waals surface area (Å²) in [6, 6.07) is 4.38. The third-order valence-electron chi connectivity index (χ3n) is 2.66. The maximum Gasteiger partial charge on any atom is 0.256 e. The van der Waals surface area contributed by atoms with Crippen molar-refractivity contribution in [2.24, 2.45) is 0 Å². The second kappa shape index (κ2) is 4.93. The average Bonchev–Trinajstić information content (AvgIpc) is 2.95. The van der Waals surface area contributed by atoms with Crippen molar-refractivity contribution in [2.45, 2.75) is 6.92 Å². The molecule has 0 amide bonds. The van der Waals surface area contributed by atoms with Gasteiger partial charge in [0, 0.05) is 5.56 Å². The Kier molecular flexibility index (Phi) is 3.11. The first-order valence-corrected chi connectivity index (χ1v) is 6.04. The summed E-state index contributed by atoms with van der Waals surface area (Å²) >= 11 is 5.89. The third-order valence-corrected chi connectivity index (χ3v) is 2.83. The molecule has 0 radical (unpaired) electrons. The second-order valence-electron chi connectivity index (χ2n) is 4.03. The van der Waals surface area contributed by atoms with Crippen LogP contribution >= 0.6 is 11.6 Å². The van der Waals surface area contributed by atoms with Gasteiger partial charge in [0.2, 0.25) is 5.28 Å². The molecule has 1 aromatic carbocycles. The highest BCUT2D eigenvalue weighted by atomic mass is 35.5. The topological polar surface area (TPSA) is 69.4 Å². The number of aromatic nitrogens is 6. The Balaban J connectivity index is 2.17. The predicted octanol–water partition coefficient (Wildman–Crippen LogP) is 2.22. The lowest BCUT2D eigenvalue weighted by Gasteiger charge is -2.06. The minimum Gasteiger partial charge on any atom is -0.223 e. The van der Waals surface area contributed by atoms with Gasteiger partial charge < -0.3 is 0 Å². The molecule has 3 aromatic rings. The van der Waals surface area contributed by atoms with Gasteiger partial charge in [-0.05, 0) is 36.2 Å². The van der Waals surface area contributed by atoms with Gasteiger partial charge >= 0.3 is 0 Å². The van der Waals surface area contributed by atoms with Crippen LogP contribution in [0.5, 0.6) is 0 Å². The van der Waals surface area contributed by atoms with E-state index in [-0.39, 0.29) is 22.9 Å². The molecule has 6 nitrogen and oxygen atoms in total. The maximum absolute atomic E-state index is 13.4. The van der Waals surface area contributed by atoms with Crippen molar-refractivity contribution < 1.29 is 4.39 Å². The van der Waals surface area contributed by atoms with E-state index in [0.717, 1.165) is 5.56 Å². The molecule has 2 aromatic heterocycles. The first kappa shape index (κ1) is 12.6. The molecule has 0 unspecified atom stereocenters. The molecule has 3 rings (SSSR count). The molecule has 100 valence electrons. The smallest absolute Gasteiger partial charge is 0.223 e. The monoisotopic (exact) mass is 290 g/mol. The quantitative estimate of drug-likeness (QED) is 0.724. The molecular formula is C12H8ClFN6. The number of hydrogen-bond donors (Lipinski definition) is 0. The van der Waals surface area contributed by atoms with E-state index in [4.69, 9.17) is 11.6 Å². The molecule has 0 aliphatic carbocycles. The van der Waals surface area contributed by atoms with Crippen LogP contribution in [0.15, 0.2) is 30.9 Å². The van der Waals surface area contributed by atoms with E-state index in [0.29, 0.717) is 5.56 Å². The Morgan fingerprint density at radius 2 is 2.05 bits per heavy atom. The van der Waals surface area contributed by atoms with Crippen LogP contribution in [0.3, 0.4) is 0 Å². The minimum absolute atomic E-state index is 0.00385. The largest absolute Gasteiger partial charge is 0.256 e. The third kappa shape index (κ3) is 2.35. The number of aryl methyl sites for hydroxylation is 1. The molecule has 0 aliphatic heterocycles. The van der Waals surface area contributed by atoms with Crippen molar-refractivity contribution in [1.82, 2.24) is 29.7 Å². The molecule has 20 heavy (non-hydrogen) atoms. The minimum atomic E-state index is -0.371. The van der Waals surface area contributed by atoms with Crippen LogP contribution in [0.4, 0.5) is 4.39 Å². The zero-order valence-corrected chi connectivity index (χ0v) is 11.1. The van der Waals surface area contributed by atoms with E-state index in [1.807, 2.05) is 6.92 Å². The van der Waals surface area contributed by atoms with Crippen LogP contribution in [0.25, 0.3) is 17.3 Å². The van der Waals surface area contributed by atoms with Crippen LogP contribution in [0.1, 0.15) is 5.56 Å². The van der Waals surface area contributed by atoms with Crippen LogP contribution < -0.4 is 0 Å². The van der Waals surface area contributed by atoms with Gasteiger partial charge in [0.25, 0.3) is 5.95 Å². The van der Waals surface area contributed by atoms with Crippen molar-refractivity contribution >= 4 is 11.6 Å². The molecule has 0 saturated carbocycles. The standard InChI is InChI=1S/C12H8ClFN6/c1-7-2-3-8(14)4-9(7)10-17-11(13)19-12(18-10)20-6-15-5-16-20/h2-6H,1H3. The van der Waals surface area contributed by atoms with Crippen molar-refractivity contribution in [3.05, 3.63) is 47.5 Å². The summed E-state index contributed by atoms with van der Waals surface area (Å²) in [4.78, 5) is 16.0. The first-order chi connectivity index (χ1) is 9.63. The van der Waals surface area contributed by atoms with E-state index in [1.54, 1.807) is 6.07 Å². The van der Waals surface area contributed by atoms with Crippen LogP contribution in [0.2, 0.25) is 5.28 Å². The zero-order chi connectivity index (χ0) is 14.1. The van der Waals surface area contributed by atoms with Crippen molar-refractivity contribution in [3.8, 4) is 17.3 Å². The number of nitrogens with zero attached hydrogens (tertiary/aromatic N) is 6. The van der Waals surface area contributed by atoms with Gasteiger partial charge in [-0.2, -0.15) is 24.7 Å². The van der Waals surface area contributed by atoms with Crippen LogP contribution in [0, 0.1) is 12.7 Å². The van der Waals surface area contributed by atoms with Crippen molar-refractivity contribution in [3.63, 3.8) is 0 Å². The first-order valence-electron chi connectivity index (χ1n) is 5.66. The van der Waals surface area contributed by atoms with Gasteiger partial charge in [-0.25, -0.2) is 9.37 Å². The lowest BCUT2D eigenvalue weighted by Crippen LogP contribution is -2.05. The lowest BCUT2D eigenvalue weighted by molar-refractivity contribution is 0.627. The Morgan fingerprint density at radius 3 is 2.80 bits per heavy atom. The number of halogens is 2. The number of hydrogen-bond acceptors (Lipinski definition) is 5. The Bertz CT molecular complexity index is 759. The molecule has 0 saturated heterocycles. The molecule has 0 atom stereocenters. The van der Waals surface area contributed by atoms with Crippen molar-refractivity contribution in [2.75, 3.05) is 0 Å². The lowest BCUT2D eigenvalue weighted by atomic mass is 10.1.